The Kier molecular flexibility index (Phi) is 2.72. The average molecular weight is 247 g/mol. The molecule has 82 valence electrons. The normalized spacial score (nSPS) is 20.3. The average Bonchev–Trinajstić information content (AvgIpc) is 2.47. The van der Waals surface area contributed by atoms with Gasteiger partial charge < -0.3 is 0 Å². The maximum atomic E-state index is 10.9. The van der Waals surface area contributed by atoms with Crippen molar-refractivity contribution in [2.75, 3.05) is 0 Å². The third-order valence-electron chi connectivity index (χ3n) is 2.50. The second-order valence-corrected chi connectivity index (χ2v) is 5.30. The molecule has 1 aromatic rings. The van der Waals surface area contributed by atoms with Gasteiger partial charge >= 0.3 is 0 Å². The minimum absolute atomic E-state index is 0.288. The molecule has 6 heteroatoms. The Morgan fingerprint density at radius 1 is 1.47 bits per heavy atom. The first-order valence-electron chi connectivity index (χ1n) is 4.55. The molecule has 0 amide bonds. The van der Waals surface area contributed by atoms with Crippen LogP contribution in [0.2, 0.25) is 5.02 Å². The van der Waals surface area contributed by atoms with Crippen LogP contribution in [0.25, 0.3) is 0 Å². The summed E-state index contributed by atoms with van der Waals surface area (Å²) < 4.78 is 24.2. The van der Waals surface area contributed by atoms with E-state index < -0.39 is 10.2 Å². The number of fused-ring (bicyclic) bond motifs is 1. The van der Waals surface area contributed by atoms with E-state index in [1.807, 2.05) is 12.1 Å². The Hall–Kier alpha value is -0.620. The van der Waals surface area contributed by atoms with Crippen molar-refractivity contribution in [3.63, 3.8) is 0 Å². The maximum absolute atomic E-state index is 10.9. The van der Waals surface area contributed by atoms with Gasteiger partial charge in [-0.3, -0.25) is 0 Å². The van der Waals surface area contributed by atoms with Crippen LogP contribution < -0.4 is 9.86 Å². The zero-order valence-corrected chi connectivity index (χ0v) is 9.48. The molecule has 0 aliphatic heterocycles. The van der Waals surface area contributed by atoms with Gasteiger partial charge in [-0.25, -0.2) is 5.14 Å². The van der Waals surface area contributed by atoms with E-state index in [1.54, 1.807) is 6.07 Å². The quantitative estimate of drug-likeness (QED) is 0.821. The first kappa shape index (κ1) is 10.9. The first-order chi connectivity index (χ1) is 6.97. The number of halogens is 1. The van der Waals surface area contributed by atoms with Gasteiger partial charge in [-0.15, -0.1) is 0 Å². The largest absolute Gasteiger partial charge is 0.274 e. The van der Waals surface area contributed by atoms with Gasteiger partial charge in [0.25, 0.3) is 10.2 Å². The second kappa shape index (κ2) is 3.75. The lowest BCUT2D eigenvalue weighted by Gasteiger charge is -2.12. The molecule has 1 unspecified atom stereocenters. The van der Waals surface area contributed by atoms with Crippen molar-refractivity contribution in [2.45, 2.75) is 18.9 Å². The molecule has 0 fully saturated rings. The van der Waals surface area contributed by atoms with E-state index in [4.69, 9.17) is 16.7 Å². The highest BCUT2D eigenvalue weighted by atomic mass is 35.5. The van der Waals surface area contributed by atoms with E-state index >= 15 is 0 Å². The van der Waals surface area contributed by atoms with Crippen LogP contribution in [0.5, 0.6) is 0 Å². The summed E-state index contributed by atoms with van der Waals surface area (Å²) in [5, 5.41) is 5.53. The lowest BCUT2D eigenvalue weighted by atomic mass is 10.1. The predicted molar refractivity (Wildman–Crippen MR) is 58.8 cm³/mol. The highest BCUT2D eigenvalue weighted by Gasteiger charge is 2.26. The summed E-state index contributed by atoms with van der Waals surface area (Å²) in [5.74, 6) is 0. The first-order valence-corrected chi connectivity index (χ1v) is 6.47. The van der Waals surface area contributed by atoms with Crippen LogP contribution in [0, 0.1) is 0 Å². The zero-order chi connectivity index (χ0) is 11.1. The predicted octanol–water partition coefficient (Wildman–Crippen LogP) is 1.12. The van der Waals surface area contributed by atoms with Crippen LogP contribution in [0.15, 0.2) is 18.2 Å². The van der Waals surface area contributed by atoms with E-state index in [9.17, 15) is 8.42 Å². The molecule has 1 aliphatic carbocycles. The molecule has 1 aromatic carbocycles. The van der Waals surface area contributed by atoms with Crippen molar-refractivity contribution in [1.82, 2.24) is 4.72 Å². The standard InChI is InChI=1S/C9H11ClN2O2S/c10-7-3-1-2-6-4-5-8(9(6)7)12-15(11,13)14/h1-3,8,12H,4-5H2,(H2,11,13,14). The van der Waals surface area contributed by atoms with Gasteiger partial charge in [0.05, 0.1) is 0 Å². The fourth-order valence-electron chi connectivity index (χ4n) is 1.95. The number of hydrogen-bond donors (Lipinski definition) is 2. The van der Waals surface area contributed by atoms with Crippen LogP contribution in [-0.2, 0) is 16.6 Å². The molecular formula is C9H11ClN2O2S. The molecule has 3 N–H and O–H groups in total. The smallest absolute Gasteiger partial charge is 0.216 e. The van der Waals surface area contributed by atoms with Crippen molar-refractivity contribution in [2.24, 2.45) is 5.14 Å². The maximum Gasteiger partial charge on any atom is 0.274 e. The van der Waals surface area contributed by atoms with E-state index in [2.05, 4.69) is 4.72 Å². The third kappa shape index (κ3) is 2.31. The van der Waals surface area contributed by atoms with Crippen LogP contribution in [0.3, 0.4) is 0 Å². The minimum atomic E-state index is -3.68. The Bertz CT molecular complexity index is 487. The lowest BCUT2D eigenvalue weighted by molar-refractivity contribution is 0.556. The third-order valence-corrected chi connectivity index (χ3v) is 3.44. The SMILES string of the molecule is NS(=O)(=O)NC1CCc2cccc(Cl)c21. The van der Waals surface area contributed by atoms with E-state index in [-0.39, 0.29) is 6.04 Å². The van der Waals surface area contributed by atoms with Gasteiger partial charge in [0.2, 0.25) is 0 Å². The molecule has 0 radical (unpaired) electrons. The van der Waals surface area contributed by atoms with E-state index in [0.29, 0.717) is 11.4 Å². The summed E-state index contributed by atoms with van der Waals surface area (Å²) in [6.07, 6.45) is 1.53. The topological polar surface area (TPSA) is 72.2 Å². The van der Waals surface area contributed by atoms with Crippen LogP contribution in [0.4, 0.5) is 0 Å². The lowest BCUT2D eigenvalue weighted by Crippen LogP contribution is -2.33. The minimum Gasteiger partial charge on any atom is -0.216 e. The molecule has 0 spiro atoms. The van der Waals surface area contributed by atoms with Gasteiger partial charge in [0.15, 0.2) is 0 Å². The number of aryl methyl sites for hydroxylation is 1. The summed E-state index contributed by atoms with van der Waals surface area (Å²) >= 11 is 6.02. The van der Waals surface area contributed by atoms with Gasteiger partial charge in [-0.05, 0) is 30.0 Å². The summed E-state index contributed by atoms with van der Waals surface area (Å²) in [6, 6.07) is 5.28. The van der Waals surface area contributed by atoms with Crippen LogP contribution in [-0.4, -0.2) is 8.42 Å². The van der Waals surface area contributed by atoms with Crippen molar-refractivity contribution in [3.8, 4) is 0 Å². The summed E-state index contributed by atoms with van der Waals surface area (Å²) in [4.78, 5) is 0. The number of hydrogen-bond acceptors (Lipinski definition) is 2. The molecule has 1 atom stereocenters. The Morgan fingerprint density at radius 3 is 2.87 bits per heavy atom. The zero-order valence-electron chi connectivity index (χ0n) is 7.90. The van der Waals surface area contributed by atoms with E-state index in [0.717, 1.165) is 17.5 Å². The Morgan fingerprint density at radius 2 is 2.20 bits per heavy atom. The molecule has 2 rings (SSSR count). The van der Waals surface area contributed by atoms with E-state index in [1.165, 1.54) is 0 Å². The molecule has 15 heavy (non-hydrogen) atoms. The number of nitrogens with two attached hydrogens (primary N) is 1. The second-order valence-electron chi connectivity index (χ2n) is 3.57. The molecule has 1 aliphatic rings. The summed E-state index contributed by atoms with van der Waals surface area (Å²) in [5.41, 5.74) is 1.94. The molecule has 4 nitrogen and oxygen atoms in total. The number of nitrogens with one attached hydrogen (secondary N) is 1. The molecular weight excluding hydrogens is 236 g/mol. The monoisotopic (exact) mass is 246 g/mol. The van der Waals surface area contributed by atoms with Crippen molar-refractivity contribution in [1.29, 1.82) is 0 Å². The van der Waals surface area contributed by atoms with Gasteiger partial charge in [0, 0.05) is 11.1 Å². The van der Waals surface area contributed by atoms with Gasteiger partial charge in [-0.1, -0.05) is 23.7 Å². The molecule has 0 bridgehead atoms. The van der Waals surface area contributed by atoms with Crippen LogP contribution >= 0.6 is 11.6 Å². The van der Waals surface area contributed by atoms with Crippen molar-refractivity contribution < 1.29 is 8.42 Å². The summed E-state index contributed by atoms with van der Waals surface area (Å²) in [7, 11) is -3.68. The van der Waals surface area contributed by atoms with Crippen molar-refractivity contribution in [3.05, 3.63) is 34.3 Å². The summed E-state index contributed by atoms with van der Waals surface area (Å²) in [6.45, 7) is 0. The number of benzene rings is 1. The molecule has 0 aromatic heterocycles. The Labute approximate surface area is 93.6 Å². The number of rotatable bonds is 2. The molecule has 0 saturated heterocycles. The molecule has 0 saturated carbocycles. The van der Waals surface area contributed by atoms with Crippen molar-refractivity contribution >= 4 is 21.8 Å². The van der Waals surface area contributed by atoms with Gasteiger partial charge in [-0.2, -0.15) is 13.1 Å². The highest BCUT2D eigenvalue weighted by molar-refractivity contribution is 7.87. The fourth-order valence-corrected chi connectivity index (χ4v) is 2.91. The molecule has 0 heterocycles. The van der Waals surface area contributed by atoms with Gasteiger partial charge in [0.1, 0.15) is 0 Å². The van der Waals surface area contributed by atoms with Crippen LogP contribution in [0.1, 0.15) is 23.6 Å². The highest BCUT2D eigenvalue weighted by Crippen LogP contribution is 2.36. The Balaban J connectivity index is 2.36. The fraction of sp³-hybridized carbons (Fsp3) is 0.333.